The lowest BCUT2D eigenvalue weighted by Gasteiger charge is -2.11. The second-order valence-electron chi connectivity index (χ2n) is 3.45. The molecule has 0 spiro atoms. The smallest absolute Gasteiger partial charge is 0.307 e. The summed E-state index contributed by atoms with van der Waals surface area (Å²) in [6.07, 6.45) is 0.218. The number of ether oxygens (including phenoxy) is 1. The van der Waals surface area contributed by atoms with Crippen LogP contribution in [0, 0.1) is 10.5 Å². The molecular formula is C11H14INO2. The fourth-order valence-corrected chi connectivity index (χ4v) is 2.21. The predicted octanol–water partition coefficient (Wildman–Crippen LogP) is 2.16. The average Bonchev–Trinajstić information content (AvgIpc) is 2.16. The maximum Gasteiger partial charge on any atom is 0.307 e. The van der Waals surface area contributed by atoms with Crippen LogP contribution in [0.4, 0.5) is 0 Å². The van der Waals surface area contributed by atoms with Crippen LogP contribution in [-0.2, 0) is 9.53 Å². The topological polar surface area (TPSA) is 52.3 Å². The Kier molecular flexibility index (Phi) is 4.53. The van der Waals surface area contributed by atoms with Crippen molar-refractivity contribution in [3.05, 3.63) is 32.9 Å². The van der Waals surface area contributed by atoms with E-state index < -0.39 is 0 Å². The fraction of sp³-hybridized carbons (Fsp3) is 0.364. The Bertz CT molecular complexity index is 345. The first-order valence-electron chi connectivity index (χ1n) is 4.62. The Hall–Kier alpha value is -0.620. The Morgan fingerprint density at radius 1 is 1.53 bits per heavy atom. The van der Waals surface area contributed by atoms with Gasteiger partial charge >= 0.3 is 5.97 Å². The summed E-state index contributed by atoms with van der Waals surface area (Å²) >= 11 is 2.24. The average molecular weight is 319 g/mol. The van der Waals surface area contributed by atoms with E-state index >= 15 is 0 Å². The highest BCUT2D eigenvalue weighted by Crippen LogP contribution is 2.19. The standard InChI is InChI=1S/C11H14INO2/c1-7-3-8(5-9(12)4-7)10(13)6-11(14)15-2/h3-5,10H,6,13H2,1-2H3/t10-/m0/s1. The Balaban J connectivity index is 2.81. The van der Waals surface area contributed by atoms with Crippen molar-refractivity contribution in [3.63, 3.8) is 0 Å². The van der Waals surface area contributed by atoms with Gasteiger partial charge in [-0.3, -0.25) is 4.79 Å². The number of esters is 1. The lowest BCUT2D eigenvalue weighted by atomic mass is 10.0. The quantitative estimate of drug-likeness (QED) is 0.686. The third-order valence-electron chi connectivity index (χ3n) is 2.11. The largest absolute Gasteiger partial charge is 0.469 e. The summed E-state index contributed by atoms with van der Waals surface area (Å²) in [5, 5.41) is 0. The lowest BCUT2D eigenvalue weighted by molar-refractivity contribution is -0.141. The summed E-state index contributed by atoms with van der Waals surface area (Å²) < 4.78 is 5.71. The van der Waals surface area contributed by atoms with Crippen molar-refractivity contribution < 1.29 is 9.53 Å². The number of halogens is 1. The number of aryl methyl sites for hydroxylation is 1. The molecule has 1 rings (SSSR count). The van der Waals surface area contributed by atoms with Crippen LogP contribution in [0.2, 0.25) is 0 Å². The Morgan fingerprint density at radius 2 is 2.20 bits per heavy atom. The first-order chi connectivity index (χ1) is 7.02. The molecule has 0 saturated carbocycles. The molecule has 0 bridgehead atoms. The van der Waals surface area contributed by atoms with E-state index in [1.165, 1.54) is 7.11 Å². The SMILES string of the molecule is COC(=O)C[C@H](N)c1cc(C)cc(I)c1. The second-order valence-corrected chi connectivity index (χ2v) is 4.69. The summed E-state index contributed by atoms with van der Waals surface area (Å²) in [7, 11) is 1.37. The second kappa shape index (κ2) is 5.46. The summed E-state index contributed by atoms with van der Waals surface area (Å²) in [4.78, 5) is 11.1. The van der Waals surface area contributed by atoms with E-state index in [9.17, 15) is 4.79 Å². The van der Waals surface area contributed by atoms with Crippen LogP contribution < -0.4 is 5.73 Å². The van der Waals surface area contributed by atoms with E-state index in [4.69, 9.17) is 5.73 Å². The Labute approximate surface area is 103 Å². The molecule has 1 aromatic rings. The van der Waals surface area contributed by atoms with E-state index in [1.807, 2.05) is 19.1 Å². The Morgan fingerprint density at radius 3 is 2.73 bits per heavy atom. The van der Waals surface area contributed by atoms with Crippen molar-refractivity contribution in [2.45, 2.75) is 19.4 Å². The highest BCUT2D eigenvalue weighted by Gasteiger charge is 2.12. The monoisotopic (exact) mass is 319 g/mol. The minimum atomic E-state index is -0.286. The predicted molar refractivity (Wildman–Crippen MR) is 67.5 cm³/mol. The number of carbonyl (C=O) groups excluding carboxylic acids is 1. The first-order valence-corrected chi connectivity index (χ1v) is 5.70. The maximum atomic E-state index is 11.1. The first kappa shape index (κ1) is 12.4. The maximum absolute atomic E-state index is 11.1. The van der Waals surface area contributed by atoms with Crippen molar-refractivity contribution >= 4 is 28.6 Å². The molecule has 0 unspecified atom stereocenters. The molecule has 2 N–H and O–H groups in total. The molecule has 1 atom stereocenters. The van der Waals surface area contributed by atoms with Crippen LogP contribution in [0.1, 0.15) is 23.6 Å². The molecule has 82 valence electrons. The van der Waals surface area contributed by atoms with E-state index in [1.54, 1.807) is 0 Å². The normalized spacial score (nSPS) is 12.3. The van der Waals surface area contributed by atoms with Crippen LogP contribution in [0.25, 0.3) is 0 Å². The van der Waals surface area contributed by atoms with Crippen molar-refractivity contribution in [2.75, 3.05) is 7.11 Å². The summed E-state index contributed by atoms with van der Waals surface area (Å²) in [5.41, 5.74) is 8.03. The van der Waals surface area contributed by atoms with Crippen molar-refractivity contribution in [3.8, 4) is 0 Å². The number of nitrogens with two attached hydrogens (primary N) is 1. The molecule has 15 heavy (non-hydrogen) atoms. The minimum Gasteiger partial charge on any atom is -0.469 e. The van der Waals surface area contributed by atoms with Gasteiger partial charge in [0.05, 0.1) is 13.5 Å². The van der Waals surface area contributed by atoms with Gasteiger partial charge in [-0.05, 0) is 52.8 Å². The number of hydrogen-bond donors (Lipinski definition) is 1. The van der Waals surface area contributed by atoms with E-state index in [0.29, 0.717) is 0 Å². The highest BCUT2D eigenvalue weighted by molar-refractivity contribution is 14.1. The van der Waals surface area contributed by atoms with Gasteiger partial charge in [0.25, 0.3) is 0 Å². The molecule has 3 nitrogen and oxygen atoms in total. The van der Waals surface area contributed by atoms with Gasteiger partial charge in [0.15, 0.2) is 0 Å². The molecule has 0 aliphatic rings. The number of rotatable bonds is 3. The fourth-order valence-electron chi connectivity index (χ4n) is 1.36. The van der Waals surface area contributed by atoms with Crippen LogP contribution in [0.5, 0.6) is 0 Å². The molecular weight excluding hydrogens is 305 g/mol. The molecule has 0 aromatic heterocycles. The van der Waals surface area contributed by atoms with Gasteiger partial charge in [-0.25, -0.2) is 0 Å². The van der Waals surface area contributed by atoms with Gasteiger partial charge in [0, 0.05) is 9.61 Å². The zero-order valence-electron chi connectivity index (χ0n) is 8.79. The highest BCUT2D eigenvalue weighted by atomic mass is 127. The summed E-state index contributed by atoms with van der Waals surface area (Å²) in [5.74, 6) is -0.279. The van der Waals surface area contributed by atoms with E-state index in [0.717, 1.165) is 14.7 Å². The molecule has 0 aliphatic carbocycles. The van der Waals surface area contributed by atoms with Crippen LogP contribution >= 0.6 is 22.6 Å². The molecule has 0 fully saturated rings. The van der Waals surface area contributed by atoms with Crippen molar-refractivity contribution in [1.82, 2.24) is 0 Å². The minimum absolute atomic E-state index is 0.218. The summed E-state index contributed by atoms with van der Waals surface area (Å²) in [6, 6.07) is 5.76. The van der Waals surface area contributed by atoms with Gasteiger partial charge in [-0.15, -0.1) is 0 Å². The van der Waals surface area contributed by atoms with Gasteiger partial charge in [0.2, 0.25) is 0 Å². The van der Waals surface area contributed by atoms with Crippen LogP contribution in [-0.4, -0.2) is 13.1 Å². The molecule has 0 amide bonds. The molecule has 0 aliphatic heterocycles. The lowest BCUT2D eigenvalue weighted by Crippen LogP contribution is -2.16. The number of carbonyl (C=O) groups is 1. The van der Waals surface area contributed by atoms with Crippen molar-refractivity contribution in [1.29, 1.82) is 0 Å². The number of hydrogen-bond acceptors (Lipinski definition) is 3. The van der Waals surface area contributed by atoms with Gasteiger partial charge in [0.1, 0.15) is 0 Å². The van der Waals surface area contributed by atoms with Crippen molar-refractivity contribution in [2.24, 2.45) is 5.73 Å². The summed E-state index contributed by atoms with van der Waals surface area (Å²) in [6.45, 7) is 2.01. The zero-order valence-corrected chi connectivity index (χ0v) is 10.9. The van der Waals surface area contributed by atoms with Gasteiger partial charge in [-0.2, -0.15) is 0 Å². The molecule has 1 aromatic carbocycles. The molecule has 0 heterocycles. The van der Waals surface area contributed by atoms with Gasteiger partial charge < -0.3 is 10.5 Å². The number of methoxy groups -OCH3 is 1. The van der Waals surface area contributed by atoms with Crippen LogP contribution in [0.15, 0.2) is 18.2 Å². The third-order valence-corrected chi connectivity index (χ3v) is 2.73. The van der Waals surface area contributed by atoms with E-state index in [2.05, 4.69) is 33.4 Å². The number of benzene rings is 1. The molecule has 0 saturated heterocycles. The third kappa shape index (κ3) is 3.79. The van der Waals surface area contributed by atoms with Gasteiger partial charge in [-0.1, -0.05) is 6.07 Å². The molecule has 4 heteroatoms. The zero-order chi connectivity index (χ0) is 11.4. The van der Waals surface area contributed by atoms with E-state index in [-0.39, 0.29) is 18.4 Å². The molecule has 0 radical (unpaired) electrons. The van der Waals surface area contributed by atoms with Crippen LogP contribution in [0.3, 0.4) is 0 Å².